The highest BCUT2D eigenvalue weighted by Crippen LogP contribution is 2.35. The van der Waals surface area contributed by atoms with Crippen molar-refractivity contribution < 1.29 is 13.2 Å². The largest absolute Gasteiger partial charge is 0.494 e. The first-order valence-corrected chi connectivity index (χ1v) is 8.87. The molecular weight excluding hydrogens is 288 g/mol. The monoisotopic (exact) mass is 308 g/mol. The summed E-state index contributed by atoms with van der Waals surface area (Å²) in [5.74, 6) is 0.790. The summed E-state index contributed by atoms with van der Waals surface area (Å²) in [6.07, 6.45) is 4.60. The van der Waals surface area contributed by atoms with E-state index in [1.54, 1.807) is 12.1 Å². The van der Waals surface area contributed by atoms with Crippen LogP contribution in [0.4, 0.5) is 0 Å². The number of sulfone groups is 1. The Labute approximate surface area is 125 Å². The summed E-state index contributed by atoms with van der Waals surface area (Å²) in [6.45, 7) is 0.476. The molecule has 1 aliphatic carbocycles. The van der Waals surface area contributed by atoms with Crippen molar-refractivity contribution in [2.45, 2.75) is 36.1 Å². The van der Waals surface area contributed by atoms with Crippen molar-refractivity contribution in [2.75, 3.05) is 12.9 Å². The molecule has 0 spiro atoms. The van der Waals surface area contributed by atoms with Gasteiger partial charge in [-0.05, 0) is 49.4 Å². The molecule has 2 unspecified atom stereocenters. The van der Waals surface area contributed by atoms with Crippen LogP contribution in [0.1, 0.15) is 25.7 Å². The van der Waals surface area contributed by atoms with E-state index in [1.807, 2.05) is 0 Å². The molecule has 0 amide bonds. The lowest BCUT2D eigenvalue weighted by molar-refractivity contribution is 0.254. The quantitative estimate of drug-likeness (QED) is 0.896. The number of ether oxygens (including phenoxy) is 1. The molecule has 2 rings (SSSR count). The Morgan fingerprint density at radius 3 is 2.67 bits per heavy atom. The topological polar surface area (TPSA) is 93.2 Å². The molecule has 1 saturated carbocycles. The maximum absolute atomic E-state index is 11.4. The van der Waals surface area contributed by atoms with Crippen molar-refractivity contribution in [2.24, 2.45) is 11.7 Å². The van der Waals surface area contributed by atoms with E-state index < -0.39 is 15.4 Å². The van der Waals surface area contributed by atoms with Crippen molar-refractivity contribution in [1.82, 2.24) is 0 Å². The highest BCUT2D eigenvalue weighted by Gasteiger charge is 2.39. The molecule has 0 heterocycles. The fourth-order valence-corrected chi connectivity index (χ4v) is 3.38. The van der Waals surface area contributed by atoms with E-state index in [4.69, 9.17) is 15.7 Å². The lowest BCUT2D eigenvalue weighted by Crippen LogP contribution is -2.42. The first-order valence-electron chi connectivity index (χ1n) is 6.98. The maximum atomic E-state index is 11.4. The van der Waals surface area contributed by atoms with Gasteiger partial charge in [-0.1, -0.05) is 6.42 Å². The summed E-state index contributed by atoms with van der Waals surface area (Å²) >= 11 is 0. The van der Waals surface area contributed by atoms with Crippen LogP contribution in [-0.4, -0.2) is 26.8 Å². The summed E-state index contributed by atoms with van der Waals surface area (Å²) in [5.41, 5.74) is 5.35. The van der Waals surface area contributed by atoms with Crippen LogP contribution in [0.3, 0.4) is 0 Å². The molecule has 0 bridgehead atoms. The maximum Gasteiger partial charge on any atom is 0.175 e. The zero-order chi connectivity index (χ0) is 15.5. The van der Waals surface area contributed by atoms with E-state index >= 15 is 0 Å². The van der Waals surface area contributed by atoms with E-state index in [2.05, 4.69) is 6.07 Å². The van der Waals surface area contributed by atoms with Gasteiger partial charge in [-0.2, -0.15) is 5.26 Å². The number of nitriles is 1. The van der Waals surface area contributed by atoms with Gasteiger partial charge in [0.15, 0.2) is 9.84 Å². The van der Waals surface area contributed by atoms with Gasteiger partial charge in [0.2, 0.25) is 0 Å². The molecule has 1 aromatic carbocycles. The van der Waals surface area contributed by atoms with Crippen molar-refractivity contribution in [3.05, 3.63) is 24.3 Å². The fraction of sp³-hybridized carbons (Fsp3) is 0.533. The lowest BCUT2D eigenvalue weighted by atomic mass is 9.87. The SMILES string of the molecule is CS(=O)(=O)c1ccc(OCCC2CCCC2(N)C#N)cc1. The third-order valence-corrected chi connectivity index (χ3v) is 5.20. The van der Waals surface area contributed by atoms with Gasteiger partial charge in [0.25, 0.3) is 0 Å². The van der Waals surface area contributed by atoms with Crippen molar-refractivity contribution >= 4 is 9.84 Å². The van der Waals surface area contributed by atoms with Gasteiger partial charge in [-0.3, -0.25) is 0 Å². The minimum absolute atomic E-state index is 0.165. The molecule has 21 heavy (non-hydrogen) atoms. The summed E-state index contributed by atoms with van der Waals surface area (Å²) in [5, 5.41) is 9.15. The Kier molecular flexibility index (Phi) is 4.55. The van der Waals surface area contributed by atoms with Crippen LogP contribution in [-0.2, 0) is 9.84 Å². The minimum atomic E-state index is -3.18. The molecule has 0 aliphatic heterocycles. The number of nitrogens with two attached hydrogens (primary N) is 1. The molecule has 0 aromatic heterocycles. The van der Waals surface area contributed by atoms with Crippen molar-refractivity contribution in [1.29, 1.82) is 5.26 Å². The van der Waals surface area contributed by atoms with Crippen LogP contribution in [0.15, 0.2) is 29.2 Å². The predicted molar refractivity (Wildman–Crippen MR) is 79.5 cm³/mol. The molecule has 114 valence electrons. The molecular formula is C15H20N2O3S. The van der Waals surface area contributed by atoms with Crippen LogP contribution in [0, 0.1) is 17.2 Å². The van der Waals surface area contributed by atoms with E-state index in [9.17, 15) is 8.42 Å². The second-order valence-corrected chi connectivity index (χ2v) is 7.64. The Morgan fingerprint density at radius 1 is 1.43 bits per heavy atom. The predicted octanol–water partition coefficient (Wildman–Crippen LogP) is 1.88. The molecule has 1 fully saturated rings. The third-order valence-electron chi connectivity index (χ3n) is 4.07. The Hall–Kier alpha value is -1.58. The molecule has 0 saturated heterocycles. The van der Waals surface area contributed by atoms with E-state index in [0.29, 0.717) is 12.4 Å². The molecule has 5 nitrogen and oxygen atoms in total. The highest BCUT2D eigenvalue weighted by molar-refractivity contribution is 7.90. The Balaban J connectivity index is 1.88. The average molecular weight is 308 g/mol. The highest BCUT2D eigenvalue weighted by atomic mass is 32.2. The van der Waals surface area contributed by atoms with Crippen LogP contribution in [0.2, 0.25) is 0 Å². The zero-order valence-electron chi connectivity index (χ0n) is 12.1. The van der Waals surface area contributed by atoms with Crippen LogP contribution >= 0.6 is 0 Å². The van der Waals surface area contributed by atoms with Crippen LogP contribution < -0.4 is 10.5 Å². The van der Waals surface area contributed by atoms with Gasteiger partial charge >= 0.3 is 0 Å². The molecule has 2 N–H and O–H groups in total. The van der Waals surface area contributed by atoms with E-state index in [0.717, 1.165) is 25.7 Å². The van der Waals surface area contributed by atoms with Gasteiger partial charge < -0.3 is 10.5 Å². The molecule has 1 aliphatic rings. The normalized spacial score (nSPS) is 25.5. The molecule has 6 heteroatoms. The lowest BCUT2D eigenvalue weighted by Gasteiger charge is -2.23. The first kappa shape index (κ1) is 15.8. The summed E-state index contributed by atoms with van der Waals surface area (Å²) < 4.78 is 28.3. The van der Waals surface area contributed by atoms with Gasteiger partial charge in [0.05, 0.1) is 17.6 Å². The molecule has 2 atom stereocenters. The minimum Gasteiger partial charge on any atom is -0.494 e. The smallest absolute Gasteiger partial charge is 0.175 e. The Morgan fingerprint density at radius 2 is 2.10 bits per heavy atom. The molecule has 0 radical (unpaired) electrons. The van der Waals surface area contributed by atoms with Gasteiger partial charge in [0.1, 0.15) is 11.3 Å². The third kappa shape index (κ3) is 3.74. The second-order valence-electron chi connectivity index (χ2n) is 5.62. The fourth-order valence-electron chi connectivity index (χ4n) is 2.75. The average Bonchev–Trinajstić information content (AvgIpc) is 2.81. The van der Waals surface area contributed by atoms with Crippen molar-refractivity contribution in [3.8, 4) is 11.8 Å². The van der Waals surface area contributed by atoms with Gasteiger partial charge in [-0.25, -0.2) is 8.42 Å². The number of rotatable bonds is 5. The number of benzene rings is 1. The van der Waals surface area contributed by atoms with Crippen LogP contribution in [0.5, 0.6) is 5.75 Å². The number of hydrogen-bond donors (Lipinski definition) is 1. The van der Waals surface area contributed by atoms with E-state index in [1.165, 1.54) is 18.4 Å². The van der Waals surface area contributed by atoms with Crippen molar-refractivity contribution in [3.63, 3.8) is 0 Å². The van der Waals surface area contributed by atoms with Gasteiger partial charge in [0, 0.05) is 6.26 Å². The van der Waals surface area contributed by atoms with Crippen LogP contribution in [0.25, 0.3) is 0 Å². The Bertz CT molecular complexity index is 634. The second kappa shape index (κ2) is 6.04. The van der Waals surface area contributed by atoms with E-state index in [-0.39, 0.29) is 10.8 Å². The summed E-state index contributed by atoms with van der Waals surface area (Å²) in [7, 11) is -3.18. The summed E-state index contributed by atoms with van der Waals surface area (Å²) in [6, 6.07) is 8.57. The number of hydrogen-bond acceptors (Lipinski definition) is 5. The first-order chi connectivity index (χ1) is 9.85. The van der Waals surface area contributed by atoms with Gasteiger partial charge in [-0.15, -0.1) is 0 Å². The summed E-state index contributed by atoms with van der Waals surface area (Å²) in [4.78, 5) is 0.274. The molecule has 1 aromatic rings. The number of nitrogens with zero attached hydrogens (tertiary/aromatic N) is 1. The standard InChI is InChI=1S/C15H20N2O3S/c1-21(18,19)14-6-4-13(5-7-14)20-10-8-12-3-2-9-15(12,17)11-16/h4-7,12H,2-3,8-10,17H2,1H3. The zero-order valence-corrected chi connectivity index (χ0v) is 12.9.